The number of nitrogens with one attached hydrogen (secondary N) is 1. The predicted octanol–water partition coefficient (Wildman–Crippen LogP) is 4.18. The minimum Gasteiger partial charge on any atom is -0.354 e. The van der Waals surface area contributed by atoms with Crippen molar-refractivity contribution in [3.05, 3.63) is 34.6 Å². The summed E-state index contributed by atoms with van der Waals surface area (Å²) in [6.07, 6.45) is 1.87. The van der Waals surface area contributed by atoms with Gasteiger partial charge in [0, 0.05) is 17.1 Å². The average molecular weight is 320 g/mol. The monoisotopic (exact) mass is 319 g/mol. The van der Waals surface area contributed by atoms with Crippen molar-refractivity contribution in [1.82, 2.24) is 5.32 Å². The van der Waals surface area contributed by atoms with Crippen LogP contribution in [0.25, 0.3) is 0 Å². The first kappa shape index (κ1) is 17.3. The van der Waals surface area contributed by atoms with Crippen molar-refractivity contribution in [1.29, 1.82) is 0 Å². The van der Waals surface area contributed by atoms with E-state index in [0.717, 1.165) is 12.8 Å². The Hall–Kier alpha value is -0.800. The highest BCUT2D eigenvalue weighted by Crippen LogP contribution is 2.20. The molecule has 0 aliphatic carbocycles. The van der Waals surface area contributed by atoms with Gasteiger partial charge in [-0.25, -0.2) is 4.39 Å². The zero-order valence-corrected chi connectivity index (χ0v) is 13.3. The van der Waals surface area contributed by atoms with Crippen molar-refractivity contribution in [2.24, 2.45) is 5.92 Å². The summed E-state index contributed by atoms with van der Waals surface area (Å²) in [4.78, 5) is 11.8. The van der Waals surface area contributed by atoms with E-state index in [1.807, 2.05) is 0 Å². The van der Waals surface area contributed by atoms with Gasteiger partial charge in [-0.1, -0.05) is 44.4 Å². The summed E-state index contributed by atoms with van der Waals surface area (Å²) in [5.41, 5.74) is 0.223. The highest BCUT2D eigenvalue weighted by Gasteiger charge is 2.17. The SMILES string of the molecule is CCC(CC)C(Cl)CNC(=O)Cc1c(F)cccc1Cl. The van der Waals surface area contributed by atoms with Gasteiger partial charge in [0.15, 0.2) is 0 Å². The van der Waals surface area contributed by atoms with Crippen molar-refractivity contribution in [2.75, 3.05) is 6.54 Å². The average Bonchev–Trinajstić information content (AvgIpc) is 2.42. The predicted molar refractivity (Wildman–Crippen MR) is 81.8 cm³/mol. The third-order valence-corrected chi connectivity index (χ3v) is 4.32. The Morgan fingerprint density at radius 2 is 2.00 bits per heavy atom. The summed E-state index contributed by atoms with van der Waals surface area (Å²) in [6, 6.07) is 4.38. The number of benzene rings is 1. The Bertz CT molecular complexity index is 429. The van der Waals surface area contributed by atoms with Crippen LogP contribution in [-0.4, -0.2) is 17.8 Å². The van der Waals surface area contributed by atoms with Gasteiger partial charge in [-0.05, 0) is 18.1 Å². The molecular formula is C15H20Cl2FNO. The molecule has 0 fully saturated rings. The van der Waals surface area contributed by atoms with Crippen LogP contribution in [0.1, 0.15) is 32.3 Å². The van der Waals surface area contributed by atoms with E-state index in [0.29, 0.717) is 12.5 Å². The van der Waals surface area contributed by atoms with Gasteiger partial charge in [-0.2, -0.15) is 0 Å². The van der Waals surface area contributed by atoms with Crippen LogP contribution in [-0.2, 0) is 11.2 Å². The third kappa shape index (κ3) is 4.95. The third-order valence-electron chi connectivity index (χ3n) is 3.45. The molecule has 1 amide bonds. The largest absolute Gasteiger partial charge is 0.354 e. The van der Waals surface area contributed by atoms with Crippen LogP contribution in [0.2, 0.25) is 5.02 Å². The van der Waals surface area contributed by atoms with Gasteiger partial charge in [-0.3, -0.25) is 4.79 Å². The second-order valence-corrected chi connectivity index (χ2v) is 5.74. The smallest absolute Gasteiger partial charge is 0.224 e. The number of hydrogen-bond donors (Lipinski definition) is 1. The number of amides is 1. The van der Waals surface area contributed by atoms with Crippen LogP contribution in [0, 0.1) is 11.7 Å². The highest BCUT2D eigenvalue weighted by atomic mass is 35.5. The van der Waals surface area contributed by atoms with Crippen molar-refractivity contribution in [3.8, 4) is 0 Å². The van der Waals surface area contributed by atoms with E-state index in [4.69, 9.17) is 23.2 Å². The highest BCUT2D eigenvalue weighted by molar-refractivity contribution is 6.31. The molecule has 1 rings (SSSR count). The maximum atomic E-state index is 13.6. The van der Waals surface area contributed by atoms with E-state index >= 15 is 0 Å². The van der Waals surface area contributed by atoms with Crippen molar-refractivity contribution < 1.29 is 9.18 Å². The maximum absolute atomic E-state index is 13.6. The zero-order valence-electron chi connectivity index (χ0n) is 11.8. The van der Waals surface area contributed by atoms with Crippen molar-refractivity contribution >= 4 is 29.1 Å². The van der Waals surface area contributed by atoms with E-state index in [-0.39, 0.29) is 28.3 Å². The van der Waals surface area contributed by atoms with Crippen LogP contribution in [0.4, 0.5) is 4.39 Å². The fourth-order valence-electron chi connectivity index (χ4n) is 2.10. The minimum absolute atomic E-state index is 0.0714. The summed E-state index contributed by atoms with van der Waals surface area (Å²) in [5.74, 6) is -0.363. The summed E-state index contributed by atoms with van der Waals surface area (Å²) in [5, 5.41) is 2.90. The lowest BCUT2D eigenvalue weighted by molar-refractivity contribution is -0.120. The second-order valence-electron chi connectivity index (χ2n) is 4.77. The number of alkyl halides is 1. The first-order valence-electron chi connectivity index (χ1n) is 6.83. The van der Waals surface area contributed by atoms with Crippen LogP contribution < -0.4 is 5.32 Å². The molecule has 1 unspecified atom stereocenters. The normalized spacial score (nSPS) is 12.5. The molecule has 5 heteroatoms. The van der Waals surface area contributed by atoms with Gasteiger partial charge in [0.05, 0.1) is 11.8 Å². The molecule has 1 N–H and O–H groups in total. The molecule has 0 saturated heterocycles. The lowest BCUT2D eigenvalue weighted by atomic mass is 9.99. The number of halogens is 3. The molecule has 1 aromatic carbocycles. The molecule has 20 heavy (non-hydrogen) atoms. The van der Waals surface area contributed by atoms with E-state index in [9.17, 15) is 9.18 Å². The molecule has 0 saturated carbocycles. The van der Waals surface area contributed by atoms with Crippen molar-refractivity contribution in [2.45, 2.75) is 38.5 Å². The molecule has 2 nitrogen and oxygen atoms in total. The maximum Gasteiger partial charge on any atom is 0.224 e. The molecule has 1 atom stereocenters. The number of carbonyl (C=O) groups is 1. The molecular weight excluding hydrogens is 300 g/mol. The quantitative estimate of drug-likeness (QED) is 0.750. The summed E-state index contributed by atoms with van der Waals surface area (Å²) in [7, 11) is 0. The van der Waals surface area contributed by atoms with E-state index in [1.54, 1.807) is 6.07 Å². The Kier molecular flexibility index (Phi) is 7.31. The van der Waals surface area contributed by atoms with Crippen LogP contribution >= 0.6 is 23.2 Å². The first-order valence-corrected chi connectivity index (χ1v) is 7.64. The lowest BCUT2D eigenvalue weighted by Gasteiger charge is -2.19. The van der Waals surface area contributed by atoms with Crippen LogP contribution in [0.5, 0.6) is 0 Å². The van der Waals surface area contributed by atoms with E-state index in [2.05, 4.69) is 19.2 Å². The molecule has 112 valence electrons. The molecule has 0 heterocycles. The molecule has 0 bridgehead atoms. The number of carbonyl (C=O) groups excluding carboxylic acids is 1. The fraction of sp³-hybridized carbons (Fsp3) is 0.533. The Balaban J connectivity index is 2.52. The molecule has 0 aromatic heterocycles. The summed E-state index contributed by atoms with van der Waals surface area (Å²) >= 11 is 12.1. The van der Waals surface area contributed by atoms with E-state index in [1.165, 1.54) is 12.1 Å². The van der Waals surface area contributed by atoms with Crippen LogP contribution in [0.15, 0.2) is 18.2 Å². The molecule has 0 aliphatic heterocycles. The molecule has 0 aliphatic rings. The van der Waals surface area contributed by atoms with Crippen LogP contribution in [0.3, 0.4) is 0 Å². The van der Waals surface area contributed by atoms with E-state index < -0.39 is 5.82 Å². The second kappa shape index (κ2) is 8.48. The van der Waals surface area contributed by atoms with Gasteiger partial charge in [0.1, 0.15) is 5.82 Å². The molecule has 0 spiro atoms. The standard InChI is InChI=1S/C15H20Cl2FNO/c1-3-10(4-2)13(17)9-19-15(20)8-11-12(16)6-5-7-14(11)18/h5-7,10,13H,3-4,8-9H2,1-2H3,(H,19,20). The Labute approximate surface area is 129 Å². The molecule has 0 radical (unpaired) electrons. The fourth-order valence-corrected chi connectivity index (χ4v) is 2.77. The summed E-state index contributed by atoms with van der Waals surface area (Å²) < 4.78 is 13.6. The lowest BCUT2D eigenvalue weighted by Crippen LogP contribution is -2.34. The van der Waals surface area contributed by atoms with Gasteiger partial charge >= 0.3 is 0 Å². The van der Waals surface area contributed by atoms with Gasteiger partial charge in [0.25, 0.3) is 0 Å². The van der Waals surface area contributed by atoms with Gasteiger partial charge in [0.2, 0.25) is 5.91 Å². The zero-order chi connectivity index (χ0) is 15.1. The number of hydrogen-bond acceptors (Lipinski definition) is 1. The van der Waals surface area contributed by atoms with Gasteiger partial charge in [-0.15, -0.1) is 11.6 Å². The first-order chi connectivity index (χ1) is 9.49. The Morgan fingerprint density at radius 1 is 1.35 bits per heavy atom. The summed E-state index contributed by atoms with van der Waals surface area (Å²) in [6.45, 7) is 4.54. The number of rotatable bonds is 7. The van der Waals surface area contributed by atoms with Gasteiger partial charge < -0.3 is 5.32 Å². The minimum atomic E-state index is -0.463. The Morgan fingerprint density at radius 3 is 2.55 bits per heavy atom. The van der Waals surface area contributed by atoms with Crippen molar-refractivity contribution in [3.63, 3.8) is 0 Å². The topological polar surface area (TPSA) is 29.1 Å². The molecule has 1 aromatic rings.